The molecular formula is C19H29ClN2OS. The van der Waals surface area contributed by atoms with Crippen molar-refractivity contribution < 1.29 is 4.79 Å². The summed E-state index contributed by atoms with van der Waals surface area (Å²) in [4.78, 5) is 13.8. The van der Waals surface area contributed by atoms with Crippen molar-refractivity contribution in [3.63, 3.8) is 0 Å². The lowest BCUT2D eigenvalue weighted by Crippen LogP contribution is -2.54. The van der Waals surface area contributed by atoms with Crippen molar-refractivity contribution in [1.82, 2.24) is 5.32 Å². The molecule has 0 aliphatic heterocycles. The Morgan fingerprint density at radius 2 is 1.79 bits per heavy atom. The van der Waals surface area contributed by atoms with Crippen LogP contribution in [0.5, 0.6) is 0 Å². The van der Waals surface area contributed by atoms with Gasteiger partial charge in [-0.3, -0.25) is 4.79 Å². The molecule has 0 saturated heterocycles. The molecule has 3 rings (SSSR count). The highest BCUT2D eigenvalue weighted by atomic mass is 35.5. The van der Waals surface area contributed by atoms with Gasteiger partial charge >= 0.3 is 0 Å². The third-order valence-electron chi connectivity index (χ3n) is 5.39. The molecule has 3 unspecified atom stereocenters. The summed E-state index contributed by atoms with van der Waals surface area (Å²) in [6.45, 7) is 4.08. The van der Waals surface area contributed by atoms with Crippen molar-refractivity contribution in [2.75, 3.05) is 0 Å². The first-order valence-corrected chi connectivity index (χ1v) is 9.70. The lowest BCUT2D eigenvalue weighted by molar-refractivity contribution is -0.122. The molecule has 3 nitrogen and oxygen atoms in total. The maximum absolute atomic E-state index is 12.6. The number of thioether (sulfide) groups is 1. The number of carbonyl (C=O) groups is 1. The number of hydrogen-bond donors (Lipinski definition) is 2. The molecule has 0 heterocycles. The SMILES string of the molecule is Cc1ccc(SC(C)C(=O)NC2C3CCCC2CC(N)C3)cc1.Cl. The van der Waals surface area contributed by atoms with Crippen molar-refractivity contribution in [1.29, 1.82) is 0 Å². The summed E-state index contributed by atoms with van der Waals surface area (Å²) >= 11 is 1.64. The van der Waals surface area contributed by atoms with Gasteiger partial charge < -0.3 is 11.1 Å². The Morgan fingerprint density at radius 1 is 1.21 bits per heavy atom. The normalized spacial score (nSPS) is 30.1. The lowest BCUT2D eigenvalue weighted by Gasteiger charge is -2.45. The van der Waals surface area contributed by atoms with Crippen molar-refractivity contribution in [2.24, 2.45) is 17.6 Å². The number of fused-ring (bicyclic) bond motifs is 2. The second-order valence-electron chi connectivity index (χ2n) is 7.29. The highest BCUT2D eigenvalue weighted by Gasteiger charge is 2.40. The monoisotopic (exact) mass is 368 g/mol. The van der Waals surface area contributed by atoms with Crippen molar-refractivity contribution in [3.05, 3.63) is 29.8 Å². The van der Waals surface area contributed by atoms with E-state index in [1.807, 2.05) is 6.92 Å². The molecule has 1 aromatic rings. The Bertz CT molecular complexity index is 537. The van der Waals surface area contributed by atoms with Crippen LogP contribution >= 0.6 is 24.2 Å². The van der Waals surface area contributed by atoms with Gasteiger partial charge in [0.05, 0.1) is 5.25 Å². The minimum absolute atomic E-state index is 0. The van der Waals surface area contributed by atoms with Gasteiger partial charge in [0.15, 0.2) is 0 Å². The van der Waals surface area contributed by atoms with Crippen LogP contribution in [0.25, 0.3) is 0 Å². The van der Waals surface area contributed by atoms with Crippen LogP contribution < -0.4 is 11.1 Å². The second-order valence-corrected chi connectivity index (χ2v) is 8.70. The van der Waals surface area contributed by atoms with E-state index in [9.17, 15) is 4.79 Å². The summed E-state index contributed by atoms with van der Waals surface area (Å²) in [6.07, 6.45) is 5.87. The Balaban J connectivity index is 0.00000208. The van der Waals surface area contributed by atoms with Crippen LogP contribution in [0.4, 0.5) is 0 Å². The maximum Gasteiger partial charge on any atom is 0.233 e. The first-order chi connectivity index (χ1) is 11.0. The number of amides is 1. The highest BCUT2D eigenvalue weighted by molar-refractivity contribution is 8.00. The Labute approximate surface area is 155 Å². The Hall–Kier alpha value is -0.710. The van der Waals surface area contributed by atoms with Crippen molar-refractivity contribution >= 4 is 30.1 Å². The van der Waals surface area contributed by atoms with E-state index in [2.05, 4.69) is 36.5 Å². The quantitative estimate of drug-likeness (QED) is 0.792. The summed E-state index contributed by atoms with van der Waals surface area (Å²) in [5.41, 5.74) is 7.42. The van der Waals surface area contributed by atoms with Gasteiger partial charge in [0.25, 0.3) is 0 Å². The van der Waals surface area contributed by atoms with E-state index in [1.54, 1.807) is 11.8 Å². The summed E-state index contributed by atoms with van der Waals surface area (Å²) in [5.74, 6) is 1.34. The van der Waals surface area contributed by atoms with Gasteiger partial charge in [-0.2, -0.15) is 0 Å². The van der Waals surface area contributed by atoms with E-state index >= 15 is 0 Å². The predicted octanol–water partition coefficient (Wildman–Crippen LogP) is 3.92. The molecule has 2 fully saturated rings. The van der Waals surface area contributed by atoms with Crippen LogP contribution in [-0.2, 0) is 4.79 Å². The van der Waals surface area contributed by atoms with Gasteiger partial charge in [-0.25, -0.2) is 0 Å². The van der Waals surface area contributed by atoms with Crippen LogP contribution in [0, 0.1) is 18.8 Å². The van der Waals surface area contributed by atoms with Gasteiger partial charge in [-0.1, -0.05) is 24.1 Å². The molecule has 3 atom stereocenters. The summed E-state index contributed by atoms with van der Waals surface area (Å²) < 4.78 is 0. The summed E-state index contributed by atoms with van der Waals surface area (Å²) in [5, 5.41) is 3.30. The highest BCUT2D eigenvalue weighted by Crippen LogP contribution is 2.40. The third-order valence-corrected chi connectivity index (χ3v) is 6.50. The number of nitrogens with one attached hydrogen (secondary N) is 1. The fourth-order valence-corrected chi connectivity index (χ4v) is 5.06. The zero-order valence-corrected chi connectivity index (χ0v) is 16.2. The van der Waals surface area contributed by atoms with Gasteiger partial charge in [-0.15, -0.1) is 24.2 Å². The van der Waals surface area contributed by atoms with Crippen LogP contribution in [0.1, 0.15) is 44.6 Å². The number of rotatable bonds is 4. The molecule has 134 valence electrons. The number of carbonyl (C=O) groups excluding carboxylic acids is 1. The minimum Gasteiger partial charge on any atom is -0.352 e. The Kier molecular flexibility index (Phi) is 7.02. The van der Waals surface area contributed by atoms with Gasteiger partial charge in [0.2, 0.25) is 5.91 Å². The molecule has 5 heteroatoms. The fourth-order valence-electron chi connectivity index (χ4n) is 4.18. The molecule has 2 saturated carbocycles. The van der Waals surface area contributed by atoms with E-state index in [1.165, 1.54) is 24.8 Å². The summed E-state index contributed by atoms with van der Waals surface area (Å²) in [6, 6.07) is 9.06. The van der Waals surface area contributed by atoms with E-state index in [4.69, 9.17) is 5.73 Å². The van der Waals surface area contributed by atoms with Gasteiger partial charge in [0.1, 0.15) is 0 Å². The largest absolute Gasteiger partial charge is 0.352 e. The molecule has 1 amide bonds. The minimum atomic E-state index is -0.0611. The molecule has 2 aliphatic carbocycles. The second kappa shape index (κ2) is 8.59. The number of halogens is 1. The zero-order chi connectivity index (χ0) is 16.4. The third kappa shape index (κ3) is 4.68. The van der Waals surface area contributed by atoms with Crippen molar-refractivity contribution in [3.8, 4) is 0 Å². The molecular weight excluding hydrogens is 340 g/mol. The molecule has 0 spiro atoms. The lowest BCUT2D eigenvalue weighted by atomic mass is 9.67. The number of benzene rings is 1. The molecule has 2 bridgehead atoms. The van der Waals surface area contributed by atoms with E-state index in [0.29, 0.717) is 23.9 Å². The van der Waals surface area contributed by atoms with Crippen LogP contribution in [0.2, 0.25) is 0 Å². The average molecular weight is 369 g/mol. The smallest absolute Gasteiger partial charge is 0.233 e. The number of nitrogens with two attached hydrogens (primary N) is 1. The Morgan fingerprint density at radius 3 is 2.38 bits per heavy atom. The number of aryl methyl sites for hydroxylation is 1. The average Bonchev–Trinajstić information content (AvgIpc) is 2.50. The molecule has 0 aromatic heterocycles. The van der Waals surface area contributed by atoms with E-state index in [-0.39, 0.29) is 23.6 Å². The molecule has 2 aliphatic rings. The molecule has 24 heavy (non-hydrogen) atoms. The topological polar surface area (TPSA) is 55.1 Å². The first kappa shape index (κ1) is 19.6. The summed E-state index contributed by atoms with van der Waals surface area (Å²) in [7, 11) is 0. The van der Waals surface area contributed by atoms with Crippen molar-refractivity contribution in [2.45, 2.75) is 68.2 Å². The van der Waals surface area contributed by atoms with Crippen LogP contribution in [-0.4, -0.2) is 23.2 Å². The van der Waals surface area contributed by atoms with E-state index in [0.717, 1.165) is 17.7 Å². The van der Waals surface area contributed by atoms with Gasteiger partial charge in [-0.05, 0) is 63.5 Å². The standard InChI is InChI=1S/C19H28N2OS.ClH/c1-12-6-8-17(9-7-12)23-13(2)19(22)21-18-14-4-3-5-15(18)11-16(20)10-14;/h6-9,13-16,18H,3-5,10-11,20H2,1-2H3,(H,21,22);1H. The molecule has 3 N–H and O–H groups in total. The molecule has 0 radical (unpaired) electrons. The first-order valence-electron chi connectivity index (χ1n) is 8.82. The van der Waals surface area contributed by atoms with Crippen LogP contribution in [0.3, 0.4) is 0 Å². The van der Waals surface area contributed by atoms with Crippen LogP contribution in [0.15, 0.2) is 29.2 Å². The maximum atomic E-state index is 12.6. The predicted molar refractivity (Wildman–Crippen MR) is 104 cm³/mol. The molecule has 1 aromatic carbocycles. The fraction of sp³-hybridized carbons (Fsp3) is 0.632. The zero-order valence-electron chi connectivity index (χ0n) is 14.5. The van der Waals surface area contributed by atoms with E-state index < -0.39 is 0 Å². The van der Waals surface area contributed by atoms with Gasteiger partial charge in [0, 0.05) is 17.0 Å². The number of hydrogen-bond acceptors (Lipinski definition) is 3.